The summed E-state index contributed by atoms with van der Waals surface area (Å²) in [5, 5.41) is 12.5. The molecule has 0 unspecified atom stereocenters. The van der Waals surface area contributed by atoms with E-state index in [2.05, 4.69) is 10.3 Å². The van der Waals surface area contributed by atoms with Gasteiger partial charge in [0.25, 0.3) is 10.0 Å². The van der Waals surface area contributed by atoms with Crippen LogP contribution in [0.5, 0.6) is 11.5 Å². The highest BCUT2D eigenvalue weighted by molar-refractivity contribution is 7.90. The molecule has 0 saturated heterocycles. The van der Waals surface area contributed by atoms with Gasteiger partial charge in [-0.1, -0.05) is 29.8 Å². The number of nitrogens with zero attached hydrogens (tertiary/aromatic N) is 2. The van der Waals surface area contributed by atoms with E-state index in [4.69, 9.17) is 9.47 Å². The van der Waals surface area contributed by atoms with Crippen LogP contribution in [0.3, 0.4) is 0 Å². The van der Waals surface area contributed by atoms with Crippen molar-refractivity contribution in [2.75, 3.05) is 0 Å². The molecule has 2 heterocycles. The maximum absolute atomic E-state index is 13.4. The second kappa shape index (κ2) is 11.0. The molecule has 4 aromatic rings. The van der Waals surface area contributed by atoms with E-state index in [-0.39, 0.29) is 17.0 Å². The van der Waals surface area contributed by atoms with Gasteiger partial charge >= 0.3 is 12.1 Å². The molecule has 0 aliphatic carbocycles. The first-order valence-electron chi connectivity index (χ1n) is 12.5. The molecular formula is C29H31N3O7S. The molecule has 2 N–H and O–H groups in total. The van der Waals surface area contributed by atoms with Gasteiger partial charge in [-0.15, -0.1) is 0 Å². The number of amides is 1. The summed E-state index contributed by atoms with van der Waals surface area (Å²) in [6, 6.07) is 13.8. The molecular weight excluding hydrogens is 534 g/mol. The maximum Gasteiger partial charge on any atom is 0.408 e. The quantitative estimate of drug-likeness (QED) is 0.297. The molecule has 2 aromatic carbocycles. The van der Waals surface area contributed by atoms with Gasteiger partial charge in [-0.05, 0) is 76.1 Å². The van der Waals surface area contributed by atoms with E-state index in [9.17, 15) is 23.1 Å². The van der Waals surface area contributed by atoms with E-state index < -0.39 is 33.7 Å². The van der Waals surface area contributed by atoms with Crippen molar-refractivity contribution in [2.24, 2.45) is 0 Å². The van der Waals surface area contributed by atoms with E-state index in [1.54, 1.807) is 82.3 Å². The minimum atomic E-state index is -3.88. The molecule has 0 saturated carbocycles. The van der Waals surface area contributed by atoms with Crippen LogP contribution >= 0.6 is 0 Å². The highest BCUT2D eigenvalue weighted by Gasteiger charge is 2.25. The second-order valence-electron chi connectivity index (χ2n) is 10.4. The summed E-state index contributed by atoms with van der Waals surface area (Å²) in [5.74, 6) is -0.314. The van der Waals surface area contributed by atoms with Crippen molar-refractivity contribution in [3.05, 3.63) is 83.7 Å². The lowest BCUT2D eigenvalue weighted by molar-refractivity contribution is -0.139. The normalized spacial score (nSPS) is 12.6. The van der Waals surface area contributed by atoms with Gasteiger partial charge in [-0.25, -0.2) is 27.0 Å². The Hall–Kier alpha value is -4.38. The third kappa shape index (κ3) is 6.42. The van der Waals surface area contributed by atoms with Gasteiger partial charge in [0.05, 0.1) is 10.3 Å². The zero-order valence-corrected chi connectivity index (χ0v) is 23.7. The van der Waals surface area contributed by atoms with E-state index >= 15 is 0 Å². The number of benzene rings is 2. The Balaban J connectivity index is 1.55. The summed E-state index contributed by atoms with van der Waals surface area (Å²) in [4.78, 5) is 28.2. The molecule has 11 heteroatoms. The summed E-state index contributed by atoms with van der Waals surface area (Å²) >= 11 is 0. The first-order valence-corrected chi connectivity index (χ1v) is 14.0. The van der Waals surface area contributed by atoms with Gasteiger partial charge in [0.15, 0.2) is 5.65 Å². The van der Waals surface area contributed by atoms with Gasteiger partial charge in [-0.2, -0.15) is 0 Å². The smallest absolute Gasteiger partial charge is 0.408 e. The van der Waals surface area contributed by atoms with Gasteiger partial charge in [-0.3, -0.25) is 0 Å². The Bertz CT molecular complexity index is 1650. The van der Waals surface area contributed by atoms with Crippen LogP contribution in [0.25, 0.3) is 11.0 Å². The molecule has 40 heavy (non-hydrogen) atoms. The molecule has 2 aromatic heterocycles. The zero-order chi connectivity index (χ0) is 29.2. The van der Waals surface area contributed by atoms with Crippen molar-refractivity contribution in [1.29, 1.82) is 0 Å². The number of hydrogen-bond acceptors (Lipinski definition) is 7. The van der Waals surface area contributed by atoms with Crippen LogP contribution in [0, 0.1) is 13.8 Å². The summed E-state index contributed by atoms with van der Waals surface area (Å²) in [6.45, 7) is 8.74. The first kappa shape index (κ1) is 28.6. The van der Waals surface area contributed by atoms with Crippen LogP contribution < -0.4 is 10.1 Å². The van der Waals surface area contributed by atoms with Crippen LogP contribution in [0.4, 0.5) is 4.79 Å². The molecule has 0 radical (unpaired) electrons. The van der Waals surface area contributed by atoms with Crippen LogP contribution in [0.1, 0.15) is 37.5 Å². The molecule has 0 spiro atoms. The predicted octanol–water partition coefficient (Wildman–Crippen LogP) is 5.20. The van der Waals surface area contributed by atoms with Crippen LogP contribution in [-0.4, -0.2) is 46.2 Å². The Labute approximate surface area is 232 Å². The van der Waals surface area contributed by atoms with Gasteiger partial charge in [0.1, 0.15) is 23.1 Å². The molecule has 0 aliphatic rings. The fourth-order valence-electron chi connectivity index (χ4n) is 4.07. The van der Waals surface area contributed by atoms with Crippen molar-refractivity contribution in [3.8, 4) is 11.5 Å². The highest BCUT2D eigenvalue weighted by Crippen LogP contribution is 2.34. The zero-order valence-electron chi connectivity index (χ0n) is 22.8. The number of fused-ring (bicyclic) bond motifs is 1. The molecule has 1 atom stereocenters. The number of rotatable bonds is 8. The minimum absolute atomic E-state index is 0.0349. The predicted molar refractivity (Wildman–Crippen MR) is 149 cm³/mol. The van der Waals surface area contributed by atoms with Crippen LogP contribution in [0.15, 0.2) is 71.9 Å². The molecule has 1 amide bonds. The van der Waals surface area contributed by atoms with E-state index in [1.165, 1.54) is 12.4 Å². The van der Waals surface area contributed by atoms with Crippen molar-refractivity contribution >= 4 is 33.1 Å². The average molecular weight is 566 g/mol. The Morgan fingerprint density at radius 3 is 2.27 bits per heavy atom. The molecule has 4 rings (SSSR count). The Morgan fingerprint density at radius 2 is 1.68 bits per heavy atom. The number of aliphatic carboxylic acids is 1. The van der Waals surface area contributed by atoms with Gasteiger partial charge in [0, 0.05) is 18.8 Å². The molecule has 0 aliphatic heterocycles. The van der Waals surface area contributed by atoms with E-state index in [0.29, 0.717) is 28.0 Å². The number of aromatic nitrogens is 2. The molecule has 10 nitrogen and oxygen atoms in total. The number of carboxylic acid groups (broad SMARTS) is 1. The summed E-state index contributed by atoms with van der Waals surface area (Å²) in [6.07, 6.45) is 2.22. The standard InChI is InChI=1S/C29H31N3O7S/c1-18-6-12-22(13-7-18)40(36,37)32-17-19(2)25-24(14-15-30-26(25)32)38-21-10-8-20(9-11-21)16-23(27(33)34)31-28(35)39-29(3,4)5/h6-15,17,23H,16H2,1-5H3,(H,31,35)(H,33,34)/t23-/m0/s1. The lowest BCUT2D eigenvalue weighted by Gasteiger charge is -2.22. The number of pyridine rings is 1. The summed E-state index contributed by atoms with van der Waals surface area (Å²) in [5.41, 5.74) is 1.76. The topological polar surface area (TPSA) is 137 Å². The fraction of sp³-hybridized carbons (Fsp3) is 0.276. The van der Waals surface area contributed by atoms with Crippen molar-refractivity contribution < 1.29 is 32.6 Å². The van der Waals surface area contributed by atoms with Gasteiger partial charge < -0.3 is 19.9 Å². The summed E-state index contributed by atoms with van der Waals surface area (Å²) < 4.78 is 39.1. The number of carbonyl (C=O) groups is 2. The number of hydrogen-bond donors (Lipinski definition) is 2. The Morgan fingerprint density at radius 1 is 1.02 bits per heavy atom. The SMILES string of the molecule is Cc1ccc(S(=O)(=O)n2cc(C)c3c(Oc4ccc(C[C@H](NC(=O)OC(C)(C)C)C(=O)O)cc4)ccnc32)cc1. The molecule has 0 fully saturated rings. The lowest BCUT2D eigenvalue weighted by atomic mass is 10.1. The van der Waals surface area contributed by atoms with Crippen molar-refractivity contribution in [1.82, 2.24) is 14.3 Å². The molecule has 0 bridgehead atoms. The lowest BCUT2D eigenvalue weighted by Crippen LogP contribution is -2.44. The number of aryl methyl sites for hydroxylation is 2. The average Bonchev–Trinajstić information content (AvgIpc) is 3.22. The third-order valence-corrected chi connectivity index (χ3v) is 7.63. The van der Waals surface area contributed by atoms with Crippen LogP contribution in [-0.2, 0) is 26.0 Å². The van der Waals surface area contributed by atoms with E-state index in [1.807, 2.05) is 6.92 Å². The summed E-state index contributed by atoms with van der Waals surface area (Å²) in [7, 11) is -3.88. The van der Waals surface area contributed by atoms with Gasteiger partial charge in [0.2, 0.25) is 0 Å². The van der Waals surface area contributed by atoms with E-state index in [0.717, 1.165) is 9.54 Å². The second-order valence-corrected chi connectivity index (χ2v) is 12.2. The number of carboxylic acids is 1. The number of carbonyl (C=O) groups excluding carboxylic acids is 1. The monoisotopic (exact) mass is 565 g/mol. The maximum atomic E-state index is 13.4. The van der Waals surface area contributed by atoms with Crippen molar-refractivity contribution in [2.45, 2.75) is 57.6 Å². The number of ether oxygens (including phenoxy) is 2. The largest absolute Gasteiger partial charge is 0.480 e. The Kier molecular flexibility index (Phi) is 7.88. The number of nitrogens with one attached hydrogen (secondary N) is 1. The minimum Gasteiger partial charge on any atom is -0.480 e. The number of alkyl carbamates (subject to hydrolysis) is 1. The highest BCUT2D eigenvalue weighted by atomic mass is 32.2. The third-order valence-electron chi connectivity index (χ3n) is 5.96. The van der Waals surface area contributed by atoms with Crippen LogP contribution in [0.2, 0.25) is 0 Å². The fourth-order valence-corrected chi connectivity index (χ4v) is 5.44. The molecule has 210 valence electrons. The van der Waals surface area contributed by atoms with Crippen molar-refractivity contribution in [3.63, 3.8) is 0 Å². The first-order chi connectivity index (χ1) is 18.7.